The van der Waals surface area contributed by atoms with Crippen molar-refractivity contribution in [2.75, 3.05) is 5.73 Å². The maximum absolute atomic E-state index is 12.2. The molecule has 104 valence electrons. The fourth-order valence-corrected chi connectivity index (χ4v) is 2.76. The van der Waals surface area contributed by atoms with E-state index in [1.54, 1.807) is 12.1 Å². The lowest BCUT2D eigenvalue weighted by atomic mass is 9.79. The number of hydrogen-bond donors (Lipinski definition) is 2. The highest BCUT2D eigenvalue weighted by atomic mass is 16.1. The second kappa shape index (κ2) is 5.64. The number of nitrogens with one attached hydrogen (secondary N) is 1. The number of nitrogen functional groups attached to an aromatic ring is 1. The first-order valence-electron chi connectivity index (χ1n) is 7.14. The zero-order valence-corrected chi connectivity index (χ0v) is 12.1. The number of carbonyl (C=O) groups excluding carboxylic acids is 1. The van der Waals surface area contributed by atoms with Crippen LogP contribution in [-0.4, -0.2) is 11.9 Å². The molecule has 2 rings (SSSR count). The Bertz CT molecular complexity index is 470. The lowest BCUT2D eigenvalue weighted by Crippen LogP contribution is -2.39. The van der Waals surface area contributed by atoms with Gasteiger partial charge in [-0.1, -0.05) is 13.8 Å². The largest absolute Gasteiger partial charge is 0.399 e. The fourth-order valence-electron chi connectivity index (χ4n) is 2.76. The van der Waals surface area contributed by atoms with Gasteiger partial charge in [0.05, 0.1) is 0 Å². The summed E-state index contributed by atoms with van der Waals surface area (Å²) in [6.07, 6.45) is 3.37. The number of hydrogen-bond acceptors (Lipinski definition) is 2. The van der Waals surface area contributed by atoms with Gasteiger partial charge in [0.15, 0.2) is 0 Å². The van der Waals surface area contributed by atoms with Crippen LogP contribution < -0.4 is 11.1 Å². The average molecular weight is 260 g/mol. The molecule has 1 saturated carbocycles. The highest BCUT2D eigenvalue weighted by Crippen LogP contribution is 2.29. The third-order valence-electron chi connectivity index (χ3n) is 4.47. The van der Waals surface area contributed by atoms with Crippen LogP contribution in [0.15, 0.2) is 18.2 Å². The van der Waals surface area contributed by atoms with Gasteiger partial charge < -0.3 is 11.1 Å². The van der Waals surface area contributed by atoms with E-state index < -0.39 is 0 Å². The number of benzene rings is 1. The predicted molar refractivity (Wildman–Crippen MR) is 79.0 cm³/mol. The van der Waals surface area contributed by atoms with E-state index in [4.69, 9.17) is 5.73 Å². The molecule has 1 aliphatic carbocycles. The number of nitrogens with two attached hydrogens (primary N) is 1. The molecule has 19 heavy (non-hydrogen) atoms. The molecule has 3 N–H and O–H groups in total. The molecule has 0 radical (unpaired) electrons. The maximum Gasteiger partial charge on any atom is 0.251 e. The van der Waals surface area contributed by atoms with Crippen molar-refractivity contribution >= 4 is 11.6 Å². The molecule has 1 fully saturated rings. The molecule has 0 aromatic heterocycles. The molecule has 3 unspecified atom stereocenters. The Kier molecular flexibility index (Phi) is 4.13. The van der Waals surface area contributed by atoms with E-state index in [9.17, 15) is 4.79 Å². The Hall–Kier alpha value is -1.51. The minimum absolute atomic E-state index is 0.0230. The quantitative estimate of drug-likeness (QED) is 0.803. The molecule has 0 saturated heterocycles. The maximum atomic E-state index is 12.2. The van der Waals surface area contributed by atoms with Crippen molar-refractivity contribution in [2.24, 2.45) is 11.8 Å². The topological polar surface area (TPSA) is 55.1 Å². The van der Waals surface area contributed by atoms with Crippen molar-refractivity contribution in [3.8, 4) is 0 Å². The van der Waals surface area contributed by atoms with E-state index in [-0.39, 0.29) is 5.91 Å². The Morgan fingerprint density at radius 2 is 2.00 bits per heavy atom. The predicted octanol–water partition coefficient (Wildman–Crippen LogP) is 3.13. The Morgan fingerprint density at radius 3 is 2.63 bits per heavy atom. The molecule has 0 bridgehead atoms. The molecule has 1 aliphatic rings. The summed E-state index contributed by atoms with van der Waals surface area (Å²) < 4.78 is 0. The van der Waals surface area contributed by atoms with Crippen LogP contribution in [0.2, 0.25) is 0 Å². The van der Waals surface area contributed by atoms with Gasteiger partial charge >= 0.3 is 0 Å². The second-order valence-electron chi connectivity index (χ2n) is 6.01. The van der Waals surface area contributed by atoms with Crippen LogP contribution in [0.4, 0.5) is 5.69 Å². The first kappa shape index (κ1) is 13.9. The molecule has 0 aliphatic heterocycles. The van der Waals surface area contributed by atoms with Crippen LogP contribution in [0.3, 0.4) is 0 Å². The SMILES string of the molecule is Cc1cc(C(=O)NC2CCC(C)C(C)C2)ccc1N. The first-order chi connectivity index (χ1) is 8.97. The summed E-state index contributed by atoms with van der Waals surface area (Å²) in [7, 11) is 0. The van der Waals surface area contributed by atoms with E-state index in [0.717, 1.165) is 30.0 Å². The normalized spacial score (nSPS) is 27.0. The molecule has 1 amide bonds. The third kappa shape index (κ3) is 3.28. The van der Waals surface area contributed by atoms with E-state index in [0.29, 0.717) is 17.5 Å². The highest BCUT2D eigenvalue weighted by Gasteiger charge is 2.25. The second-order valence-corrected chi connectivity index (χ2v) is 6.01. The minimum atomic E-state index is 0.0230. The summed E-state index contributed by atoms with van der Waals surface area (Å²) in [5.74, 6) is 1.48. The van der Waals surface area contributed by atoms with E-state index in [2.05, 4.69) is 19.2 Å². The first-order valence-corrected chi connectivity index (χ1v) is 7.14. The van der Waals surface area contributed by atoms with Gasteiger partial charge in [-0.2, -0.15) is 0 Å². The fraction of sp³-hybridized carbons (Fsp3) is 0.562. The lowest BCUT2D eigenvalue weighted by molar-refractivity contribution is 0.0910. The number of rotatable bonds is 2. The van der Waals surface area contributed by atoms with Crippen LogP contribution in [0.1, 0.15) is 49.0 Å². The van der Waals surface area contributed by atoms with Gasteiger partial charge in [0.25, 0.3) is 5.91 Å². The molecular weight excluding hydrogens is 236 g/mol. The number of aryl methyl sites for hydroxylation is 1. The molecule has 3 atom stereocenters. The van der Waals surface area contributed by atoms with Gasteiger partial charge in [0.2, 0.25) is 0 Å². The lowest BCUT2D eigenvalue weighted by Gasteiger charge is -2.32. The van der Waals surface area contributed by atoms with E-state index in [1.165, 1.54) is 6.42 Å². The molecular formula is C16H24N2O. The molecule has 0 spiro atoms. The summed E-state index contributed by atoms with van der Waals surface area (Å²) >= 11 is 0. The Labute approximate surface area is 115 Å². The number of carbonyl (C=O) groups is 1. The summed E-state index contributed by atoms with van der Waals surface area (Å²) in [6.45, 7) is 6.50. The van der Waals surface area contributed by atoms with Crippen molar-refractivity contribution in [3.63, 3.8) is 0 Å². The highest BCUT2D eigenvalue weighted by molar-refractivity contribution is 5.95. The van der Waals surface area contributed by atoms with Gasteiger partial charge in [-0.15, -0.1) is 0 Å². The Morgan fingerprint density at radius 1 is 1.26 bits per heavy atom. The van der Waals surface area contributed by atoms with Gasteiger partial charge in [-0.3, -0.25) is 4.79 Å². The smallest absolute Gasteiger partial charge is 0.251 e. The number of amides is 1. The zero-order valence-electron chi connectivity index (χ0n) is 12.1. The van der Waals surface area contributed by atoms with Crippen LogP contribution >= 0.6 is 0 Å². The summed E-state index contributed by atoms with van der Waals surface area (Å²) in [5.41, 5.74) is 8.17. The van der Waals surface area contributed by atoms with Gasteiger partial charge in [0.1, 0.15) is 0 Å². The van der Waals surface area contributed by atoms with E-state index in [1.807, 2.05) is 13.0 Å². The van der Waals surface area contributed by atoms with Gasteiger partial charge in [-0.25, -0.2) is 0 Å². The van der Waals surface area contributed by atoms with Crippen molar-refractivity contribution in [3.05, 3.63) is 29.3 Å². The van der Waals surface area contributed by atoms with Crippen molar-refractivity contribution in [2.45, 2.75) is 46.1 Å². The van der Waals surface area contributed by atoms with Crippen LogP contribution in [0, 0.1) is 18.8 Å². The van der Waals surface area contributed by atoms with Crippen LogP contribution in [0.5, 0.6) is 0 Å². The monoisotopic (exact) mass is 260 g/mol. The summed E-state index contributed by atoms with van der Waals surface area (Å²) in [5, 5.41) is 3.15. The van der Waals surface area contributed by atoms with Gasteiger partial charge in [0, 0.05) is 17.3 Å². The van der Waals surface area contributed by atoms with Crippen molar-refractivity contribution < 1.29 is 4.79 Å². The molecule has 3 nitrogen and oxygen atoms in total. The number of anilines is 1. The standard InChI is InChI=1S/C16H24N2O/c1-10-4-6-14(9-11(10)2)18-16(19)13-5-7-15(17)12(3)8-13/h5,7-8,10-11,14H,4,6,9,17H2,1-3H3,(H,18,19). The minimum Gasteiger partial charge on any atom is -0.399 e. The molecule has 1 aromatic rings. The summed E-state index contributed by atoms with van der Waals surface area (Å²) in [4.78, 5) is 12.2. The van der Waals surface area contributed by atoms with E-state index >= 15 is 0 Å². The summed E-state index contributed by atoms with van der Waals surface area (Å²) in [6, 6.07) is 5.78. The van der Waals surface area contributed by atoms with Crippen LogP contribution in [0.25, 0.3) is 0 Å². The average Bonchev–Trinajstić information content (AvgIpc) is 2.37. The Balaban J connectivity index is 1.99. The zero-order chi connectivity index (χ0) is 14.0. The van der Waals surface area contributed by atoms with Crippen molar-refractivity contribution in [1.82, 2.24) is 5.32 Å². The molecule has 3 heteroatoms. The van der Waals surface area contributed by atoms with Crippen LogP contribution in [-0.2, 0) is 0 Å². The molecule has 0 heterocycles. The molecule has 1 aromatic carbocycles. The third-order valence-corrected chi connectivity index (χ3v) is 4.47. The van der Waals surface area contributed by atoms with Crippen molar-refractivity contribution in [1.29, 1.82) is 0 Å². The van der Waals surface area contributed by atoms with Gasteiger partial charge in [-0.05, 0) is 61.8 Å².